The summed E-state index contributed by atoms with van der Waals surface area (Å²) in [6.07, 6.45) is 5.45. The molecule has 3 rings (SSSR count). The Kier molecular flexibility index (Phi) is 7.82. The van der Waals surface area contributed by atoms with Crippen LogP contribution >= 0.6 is 0 Å². The van der Waals surface area contributed by atoms with Crippen molar-refractivity contribution in [1.82, 2.24) is 10.1 Å². The highest BCUT2D eigenvalue weighted by Gasteiger charge is 2.33. The summed E-state index contributed by atoms with van der Waals surface area (Å²) in [7, 11) is -0.923. The third-order valence-electron chi connectivity index (χ3n) is 6.29. The maximum atomic E-state index is 11.1. The first-order valence-electron chi connectivity index (χ1n) is 11.6. The Morgan fingerprint density at radius 1 is 1.38 bits per heavy atom. The Bertz CT molecular complexity index is 939. The summed E-state index contributed by atoms with van der Waals surface area (Å²) in [6, 6.07) is 4.30. The van der Waals surface area contributed by atoms with Crippen LogP contribution in [0.5, 0.6) is 0 Å². The molecule has 1 aromatic carbocycles. The topological polar surface area (TPSA) is 75.8 Å². The van der Waals surface area contributed by atoms with E-state index in [4.69, 9.17) is 14.1 Å². The number of nitrogens with zero attached hydrogens (tertiary/aromatic N) is 2. The van der Waals surface area contributed by atoms with Gasteiger partial charge in [0.15, 0.2) is 5.58 Å². The molecular formula is C25H37N2O4Si. The molecule has 0 aliphatic carbocycles. The van der Waals surface area contributed by atoms with Gasteiger partial charge in [-0.2, -0.15) is 0 Å². The van der Waals surface area contributed by atoms with Crippen molar-refractivity contribution < 1.29 is 18.9 Å². The van der Waals surface area contributed by atoms with Gasteiger partial charge in [0.05, 0.1) is 11.8 Å². The summed E-state index contributed by atoms with van der Waals surface area (Å²) in [5, 5.41) is 14.7. The lowest BCUT2D eigenvalue weighted by molar-refractivity contribution is 0.0860. The molecule has 0 saturated carbocycles. The van der Waals surface area contributed by atoms with Gasteiger partial charge in [-0.05, 0) is 68.2 Å². The molecular weight excluding hydrogens is 420 g/mol. The molecule has 32 heavy (non-hydrogen) atoms. The number of aromatic nitrogens is 1. The third kappa shape index (κ3) is 5.62. The van der Waals surface area contributed by atoms with Crippen LogP contribution in [0.25, 0.3) is 11.0 Å². The average molecular weight is 458 g/mol. The largest absolute Gasteiger partial charge is 0.465 e. The molecule has 1 N–H and O–H groups in total. The zero-order valence-corrected chi connectivity index (χ0v) is 21.1. The molecule has 1 radical (unpaired) electrons. The highest BCUT2D eigenvalue weighted by Crippen LogP contribution is 2.42. The quantitative estimate of drug-likeness (QED) is 0.375. The van der Waals surface area contributed by atoms with E-state index in [0.717, 1.165) is 54.3 Å². The Morgan fingerprint density at radius 2 is 2.06 bits per heavy atom. The molecule has 2 aromatic rings. The predicted octanol–water partition coefficient (Wildman–Crippen LogP) is 6.23. The molecule has 1 fully saturated rings. The SMILES string of the molecule is C=CCc1ccc2c(CCC3CCN(C(=O)O)CC3)noc2c1C(O[Si](C)C)C(C)(C)C. The minimum absolute atomic E-state index is 0.0776. The predicted molar refractivity (Wildman–Crippen MR) is 129 cm³/mol. The van der Waals surface area contributed by atoms with Crippen LogP contribution in [0.4, 0.5) is 4.79 Å². The van der Waals surface area contributed by atoms with Crippen molar-refractivity contribution >= 4 is 26.1 Å². The molecule has 0 spiro atoms. The summed E-state index contributed by atoms with van der Waals surface area (Å²) < 4.78 is 12.5. The number of allylic oxidation sites excluding steroid dienone is 1. The van der Waals surface area contributed by atoms with Gasteiger partial charge in [0.25, 0.3) is 0 Å². The summed E-state index contributed by atoms with van der Waals surface area (Å²) >= 11 is 0. The van der Waals surface area contributed by atoms with Gasteiger partial charge in [0.1, 0.15) is 0 Å². The molecule has 7 heteroatoms. The Balaban J connectivity index is 1.88. The van der Waals surface area contributed by atoms with Crippen LogP contribution in [-0.2, 0) is 17.3 Å². The van der Waals surface area contributed by atoms with Crippen molar-refractivity contribution in [3.8, 4) is 0 Å². The summed E-state index contributed by atoms with van der Waals surface area (Å²) in [5.41, 5.74) is 4.02. The van der Waals surface area contributed by atoms with Crippen molar-refractivity contribution in [2.45, 2.75) is 72.1 Å². The summed E-state index contributed by atoms with van der Waals surface area (Å²) in [5.74, 6) is 0.521. The Morgan fingerprint density at radius 3 is 2.62 bits per heavy atom. The number of benzene rings is 1. The van der Waals surface area contributed by atoms with E-state index in [1.165, 1.54) is 10.5 Å². The van der Waals surface area contributed by atoms with Crippen molar-refractivity contribution in [1.29, 1.82) is 0 Å². The molecule has 1 aliphatic heterocycles. The number of carbonyl (C=O) groups is 1. The number of likely N-dealkylation sites (tertiary alicyclic amines) is 1. The highest BCUT2D eigenvalue weighted by molar-refractivity contribution is 6.48. The average Bonchev–Trinajstić information content (AvgIpc) is 3.13. The van der Waals surface area contributed by atoms with Crippen LogP contribution in [0, 0.1) is 11.3 Å². The second kappa shape index (κ2) is 10.2. The number of hydrogen-bond donors (Lipinski definition) is 1. The zero-order chi connectivity index (χ0) is 23.5. The smallest absolute Gasteiger partial charge is 0.407 e. The van der Waals surface area contributed by atoms with E-state index >= 15 is 0 Å². The molecule has 1 unspecified atom stereocenters. The van der Waals surface area contributed by atoms with Gasteiger partial charge >= 0.3 is 6.09 Å². The number of hydrogen-bond acceptors (Lipinski definition) is 4. The third-order valence-corrected chi connectivity index (χ3v) is 6.99. The van der Waals surface area contributed by atoms with Crippen LogP contribution < -0.4 is 0 Å². The Labute approximate surface area is 193 Å². The van der Waals surface area contributed by atoms with E-state index in [0.29, 0.717) is 19.0 Å². The van der Waals surface area contributed by atoms with E-state index in [1.807, 2.05) is 6.08 Å². The van der Waals surface area contributed by atoms with E-state index in [-0.39, 0.29) is 11.5 Å². The fourth-order valence-corrected chi connectivity index (χ4v) is 5.52. The van der Waals surface area contributed by atoms with E-state index in [1.54, 1.807) is 0 Å². The first-order valence-corrected chi connectivity index (χ1v) is 14.0. The lowest BCUT2D eigenvalue weighted by Crippen LogP contribution is -2.37. The van der Waals surface area contributed by atoms with Gasteiger partial charge < -0.3 is 19.0 Å². The first-order chi connectivity index (χ1) is 15.1. The molecule has 6 nitrogen and oxygen atoms in total. The maximum Gasteiger partial charge on any atom is 0.407 e. The second-order valence-electron chi connectivity index (χ2n) is 10.2. The molecule has 1 atom stereocenters. The lowest BCUT2D eigenvalue weighted by atomic mass is 9.81. The van der Waals surface area contributed by atoms with Gasteiger partial charge in [-0.3, -0.25) is 0 Å². The maximum absolute atomic E-state index is 11.1. The van der Waals surface area contributed by atoms with Crippen LogP contribution in [0.3, 0.4) is 0 Å². The van der Waals surface area contributed by atoms with Crippen molar-refractivity contribution in [2.75, 3.05) is 13.1 Å². The minimum atomic E-state index is -0.923. The van der Waals surface area contributed by atoms with Crippen molar-refractivity contribution in [3.05, 3.63) is 41.6 Å². The molecule has 2 heterocycles. The minimum Gasteiger partial charge on any atom is -0.465 e. The molecule has 1 saturated heterocycles. The standard InChI is InChI=1S/C25H37N2O4Si/c1-7-8-18-10-11-19-20(12-9-17-13-15-27(16-14-17)24(28)29)26-30-22(19)21(18)23(25(2,3)4)31-32(5)6/h7,10-11,17,23H,1,8-9,12-16H2,2-6H3,(H,28,29). The first kappa shape index (κ1) is 24.5. The van der Waals surface area contributed by atoms with Gasteiger partial charge in [0, 0.05) is 24.0 Å². The van der Waals surface area contributed by atoms with E-state index < -0.39 is 15.1 Å². The zero-order valence-electron chi connectivity index (χ0n) is 20.1. The highest BCUT2D eigenvalue weighted by atomic mass is 28.3. The fourth-order valence-electron chi connectivity index (χ4n) is 4.58. The monoisotopic (exact) mass is 457 g/mol. The fraction of sp³-hybridized carbons (Fsp3) is 0.600. The van der Waals surface area contributed by atoms with Crippen LogP contribution in [0.15, 0.2) is 29.3 Å². The summed E-state index contributed by atoms with van der Waals surface area (Å²) in [6.45, 7) is 16.1. The molecule has 175 valence electrons. The number of piperidine rings is 1. The second-order valence-corrected chi connectivity index (χ2v) is 12.2. The van der Waals surface area contributed by atoms with Crippen molar-refractivity contribution in [3.63, 3.8) is 0 Å². The van der Waals surface area contributed by atoms with Crippen LogP contribution in [-0.4, -0.2) is 43.4 Å². The molecule has 1 aliphatic rings. The normalized spacial score (nSPS) is 16.6. The van der Waals surface area contributed by atoms with Gasteiger partial charge in [-0.25, -0.2) is 4.79 Å². The Hall–Kier alpha value is -2.12. The number of fused-ring (bicyclic) bond motifs is 1. The van der Waals surface area contributed by atoms with Crippen LogP contribution in [0.1, 0.15) is 63.0 Å². The summed E-state index contributed by atoms with van der Waals surface area (Å²) in [4.78, 5) is 12.7. The van der Waals surface area contributed by atoms with E-state index in [9.17, 15) is 4.79 Å². The number of carboxylic acid groups (broad SMARTS) is 1. The van der Waals surface area contributed by atoms with Gasteiger partial charge in [-0.1, -0.05) is 38.1 Å². The molecule has 0 bridgehead atoms. The molecule has 1 aromatic heterocycles. The number of amides is 1. The molecule has 1 amide bonds. The number of rotatable bonds is 8. The van der Waals surface area contributed by atoms with Gasteiger partial charge in [0.2, 0.25) is 9.04 Å². The lowest BCUT2D eigenvalue weighted by Gasteiger charge is -2.34. The van der Waals surface area contributed by atoms with Gasteiger partial charge in [-0.15, -0.1) is 6.58 Å². The van der Waals surface area contributed by atoms with Crippen LogP contribution in [0.2, 0.25) is 13.1 Å². The van der Waals surface area contributed by atoms with E-state index in [2.05, 4.69) is 57.7 Å². The van der Waals surface area contributed by atoms with Crippen molar-refractivity contribution in [2.24, 2.45) is 11.3 Å². The number of aryl methyl sites for hydroxylation is 1.